The summed E-state index contributed by atoms with van der Waals surface area (Å²) in [6.45, 7) is 2.11. The summed E-state index contributed by atoms with van der Waals surface area (Å²) in [6, 6.07) is 15.8. The number of amides is 2. The zero-order valence-corrected chi connectivity index (χ0v) is 15.3. The van der Waals surface area contributed by atoms with E-state index in [2.05, 4.69) is 4.98 Å². The number of aryl methyl sites for hydroxylation is 1. The standard InChI is InChI=1S/C19H18ClN3O4/c1-13-17(21-18(27-13)15-5-3-2-4-6-15)12-26-16-9-7-14(8-10-16)11-23(25)19(24)22-20/h2-10,25H,11-12H2,1H3,(H,22,24). The van der Waals surface area contributed by atoms with Crippen molar-refractivity contribution in [2.45, 2.75) is 20.1 Å². The highest BCUT2D eigenvalue weighted by molar-refractivity contribution is 6.20. The molecule has 3 aromatic rings. The van der Waals surface area contributed by atoms with Gasteiger partial charge >= 0.3 is 6.03 Å². The van der Waals surface area contributed by atoms with Gasteiger partial charge < -0.3 is 9.15 Å². The molecule has 0 saturated carbocycles. The Bertz CT molecular complexity index is 897. The molecule has 0 radical (unpaired) electrons. The lowest BCUT2D eigenvalue weighted by atomic mass is 10.2. The molecule has 2 N–H and O–H groups in total. The average Bonchev–Trinajstić information content (AvgIpc) is 3.08. The van der Waals surface area contributed by atoms with Crippen LogP contribution in [0.25, 0.3) is 11.5 Å². The van der Waals surface area contributed by atoms with Gasteiger partial charge in [-0.25, -0.2) is 19.7 Å². The van der Waals surface area contributed by atoms with Crippen LogP contribution in [0, 0.1) is 6.92 Å². The number of carbonyl (C=O) groups excluding carboxylic acids is 1. The number of nitrogens with one attached hydrogen (secondary N) is 1. The second kappa shape index (κ2) is 8.57. The maximum absolute atomic E-state index is 11.2. The number of oxazole rings is 1. The van der Waals surface area contributed by atoms with E-state index >= 15 is 0 Å². The van der Waals surface area contributed by atoms with Crippen molar-refractivity contribution in [3.05, 3.63) is 71.6 Å². The van der Waals surface area contributed by atoms with Crippen molar-refractivity contribution >= 4 is 17.8 Å². The van der Waals surface area contributed by atoms with Gasteiger partial charge in [0.05, 0.1) is 6.54 Å². The van der Waals surface area contributed by atoms with Crippen LogP contribution in [0.4, 0.5) is 4.79 Å². The number of hydroxylamine groups is 2. The van der Waals surface area contributed by atoms with Crippen LogP contribution in [0.3, 0.4) is 0 Å². The van der Waals surface area contributed by atoms with Gasteiger partial charge in [-0.05, 0) is 36.8 Å². The third-order valence-corrected chi connectivity index (χ3v) is 4.02. The Morgan fingerprint density at radius 3 is 2.59 bits per heavy atom. The van der Waals surface area contributed by atoms with Gasteiger partial charge in [0.2, 0.25) is 5.89 Å². The second-order valence-corrected chi connectivity index (χ2v) is 5.97. The van der Waals surface area contributed by atoms with Gasteiger partial charge in [-0.3, -0.25) is 5.21 Å². The Labute approximate surface area is 161 Å². The third-order valence-electron chi connectivity index (χ3n) is 3.86. The molecule has 3 rings (SSSR count). The van der Waals surface area contributed by atoms with E-state index in [9.17, 15) is 10.0 Å². The van der Waals surface area contributed by atoms with Gasteiger partial charge in [0, 0.05) is 17.3 Å². The van der Waals surface area contributed by atoms with Gasteiger partial charge in [0.25, 0.3) is 0 Å². The van der Waals surface area contributed by atoms with Crippen LogP contribution in [-0.2, 0) is 13.2 Å². The van der Waals surface area contributed by atoms with Gasteiger partial charge in [0.15, 0.2) is 0 Å². The van der Waals surface area contributed by atoms with E-state index in [0.29, 0.717) is 28.0 Å². The lowest BCUT2D eigenvalue weighted by Crippen LogP contribution is -2.32. The predicted octanol–water partition coefficient (Wildman–Crippen LogP) is 4.28. The van der Waals surface area contributed by atoms with Crippen molar-refractivity contribution in [1.82, 2.24) is 14.9 Å². The van der Waals surface area contributed by atoms with E-state index in [-0.39, 0.29) is 13.2 Å². The fourth-order valence-corrected chi connectivity index (χ4v) is 2.50. The van der Waals surface area contributed by atoms with Gasteiger partial charge in [0.1, 0.15) is 23.8 Å². The molecule has 0 aliphatic rings. The SMILES string of the molecule is Cc1oc(-c2ccccc2)nc1COc1ccc(CN(O)C(=O)NCl)cc1. The Balaban J connectivity index is 1.60. The molecule has 0 spiro atoms. The molecule has 0 aliphatic carbocycles. The fourth-order valence-electron chi connectivity index (χ4n) is 2.40. The van der Waals surface area contributed by atoms with Crippen molar-refractivity contribution in [2.75, 3.05) is 0 Å². The van der Waals surface area contributed by atoms with E-state index in [4.69, 9.17) is 20.9 Å². The summed E-state index contributed by atoms with van der Waals surface area (Å²) in [5.41, 5.74) is 2.35. The van der Waals surface area contributed by atoms with Gasteiger partial charge in [-0.15, -0.1) is 0 Å². The number of ether oxygens (including phenoxy) is 1. The molecule has 8 heteroatoms. The zero-order valence-electron chi connectivity index (χ0n) is 14.6. The number of aromatic nitrogens is 1. The van der Waals surface area contributed by atoms with E-state index in [1.54, 1.807) is 24.3 Å². The minimum atomic E-state index is -0.798. The molecule has 0 atom stereocenters. The Morgan fingerprint density at radius 2 is 1.93 bits per heavy atom. The first-order chi connectivity index (χ1) is 13.1. The van der Waals surface area contributed by atoms with Crippen LogP contribution < -0.4 is 9.57 Å². The summed E-state index contributed by atoms with van der Waals surface area (Å²) in [4.78, 5) is 17.5. The largest absolute Gasteiger partial charge is 0.487 e. The topological polar surface area (TPSA) is 87.8 Å². The van der Waals surface area contributed by atoms with Gasteiger partial charge in [-0.2, -0.15) is 0 Å². The molecule has 1 heterocycles. The van der Waals surface area contributed by atoms with Crippen molar-refractivity contribution in [2.24, 2.45) is 0 Å². The van der Waals surface area contributed by atoms with Crippen LogP contribution in [0.15, 0.2) is 59.0 Å². The number of carbonyl (C=O) groups is 1. The number of halogens is 1. The molecule has 2 aromatic carbocycles. The highest BCUT2D eigenvalue weighted by Gasteiger charge is 2.12. The first kappa shape index (κ1) is 18.8. The summed E-state index contributed by atoms with van der Waals surface area (Å²) in [6.07, 6.45) is 0. The molecule has 7 nitrogen and oxygen atoms in total. The number of urea groups is 1. The fraction of sp³-hybridized carbons (Fsp3) is 0.158. The van der Waals surface area contributed by atoms with E-state index in [1.807, 2.05) is 42.1 Å². The summed E-state index contributed by atoms with van der Waals surface area (Å²) in [7, 11) is 0. The van der Waals surface area contributed by atoms with Crippen LogP contribution in [0.1, 0.15) is 17.0 Å². The van der Waals surface area contributed by atoms with Crippen molar-refractivity contribution < 1.29 is 19.2 Å². The molecular formula is C19H18ClN3O4. The summed E-state index contributed by atoms with van der Waals surface area (Å²) < 4.78 is 11.5. The number of rotatable bonds is 6. The third kappa shape index (κ3) is 4.78. The molecule has 0 saturated heterocycles. The molecule has 0 aliphatic heterocycles. The van der Waals surface area contributed by atoms with Crippen molar-refractivity contribution in [3.63, 3.8) is 0 Å². The van der Waals surface area contributed by atoms with E-state index in [0.717, 1.165) is 11.3 Å². The maximum atomic E-state index is 11.2. The molecule has 140 valence electrons. The summed E-state index contributed by atoms with van der Waals surface area (Å²) >= 11 is 5.16. The van der Waals surface area contributed by atoms with Crippen LogP contribution >= 0.6 is 11.8 Å². The van der Waals surface area contributed by atoms with Crippen molar-refractivity contribution in [3.8, 4) is 17.2 Å². The minimum Gasteiger partial charge on any atom is -0.487 e. The zero-order chi connectivity index (χ0) is 19.2. The minimum absolute atomic E-state index is 0.00165. The first-order valence-electron chi connectivity index (χ1n) is 8.17. The Morgan fingerprint density at radius 1 is 1.22 bits per heavy atom. The quantitative estimate of drug-likeness (QED) is 0.374. The molecule has 27 heavy (non-hydrogen) atoms. The maximum Gasteiger partial charge on any atom is 0.355 e. The summed E-state index contributed by atoms with van der Waals surface area (Å²) in [5, 5.41) is 9.99. The predicted molar refractivity (Wildman–Crippen MR) is 99.2 cm³/mol. The van der Waals surface area contributed by atoms with E-state index < -0.39 is 6.03 Å². The van der Waals surface area contributed by atoms with E-state index in [1.165, 1.54) is 0 Å². The monoisotopic (exact) mass is 387 g/mol. The van der Waals surface area contributed by atoms with Crippen LogP contribution in [-0.4, -0.2) is 21.3 Å². The molecule has 0 fully saturated rings. The molecule has 2 amide bonds. The number of hydrogen-bond acceptors (Lipinski definition) is 5. The highest BCUT2D eigenvalue weighted by Crippen LogP contribution is 2.22. The lowest BCUT2D eigenvalue weighted by molar-refractivity contribution is -0.0486. The molecule has 0 bridgehead atoms. The smallest absolute Gasteiger partial charge is 0.355 e. The average molecular weight is 388 g/mol. The van der Waals surface area contributed by atoms with Gasteiger partial charge in [-0.1, -0.05) is 30.3 Å². The normalized spacial score (nSPS) is 10.5. The Hall–Kier alpha value is -3.03. The number of nitrogens with zero attached hydrogens (tertiary/aromatic N) is 2. The Kier molecular flexibility index (Phi) is 5.95. The second-order valence-electron chi connectivity index (χ2n) is 5.78. The number of hydrogen-bond donors (Lipinski definition) is 2. The number of benzene rings is 2. The van der Waals surface area contributed by atoms with Crippen LogP contribution in [0.5, 0.6) is 5.75 Å². The molecule has 0 unspecified atom stereocenters. The molecular weight excluding hydrogens is 370 g/mol. The lowest BCUT2D eigenvalue weighted by Gasteiger charge is -2.13. The highest BCUT2D eigenvalue weighted by atomic mass is 35.5. The first-order valence-corrected chi connectivity index (χ1v) is 8.55. The van der Waals surface area contributed by atoms with Crippen molar-refractivity contribution in [1.29, 1.82) is 0 Å². The summed E-state index contributed by atoms with van der Waals surface area (Å²) in [5.74, 6) is 1.89. The molecule has 1 aromatic heterocycles. The van der Waals surface area contributed by atoms with Crippen LogP contribution in [0.2, 0.25) is 0 Å².